The Kier molecular flexibility index (Phi) is 5.51. The van der Waals surface area contributed by atoms with Gasteiger partial charge in [-0.3, -0.25) is 4.79 Å². The first kappa shape index (κ1) is 16.9. The van der Waals surface area contributed by atoms with E-state index in [1.54, 1.807) is 19.1 Å². The van der Waals surface area contributed by atoms with Crippen molar-refractivity contribution in [1.82, 2.24) is 0 Å². The number of carbonyl (C=O) groups is 1. The van der Waals surface area contributed by atoms with E-state index in [4.69, 9.17) is 39.5 Å². The number of hydrogen-bond acceptors (Lipinski definition) is 2. The highest BCUT2D eigenvalue weighted by Gasteiger charge is 2.17. The fourth-order valence-electron chi connectivity index (χ4n) is 1.63. The Morgan fingerprint density at radius 1 is 1.14 bits per heavy atom. The summed E-state index contributed by atoms with van der Waals surface area (Å²) in [5, 5.41) is 3.27. The van der Waals surface area contributed by atoms with Gasteiger partial charge in [0.05, 0.1) is 10.0 Å². The smallest absolute Gasteiger partial charge is 0.265 e. The van der Waals surface area contributed by atoms with Gasteiger partial charge in [-0.15, -0.1) is 0 Å². The predicted octanol–water partition coefficient (Wildman–Crippen LogP) is 5.19. The topological polar surface area (TPSA) is 38.3 Å². The molecule has 0 aliphatic carbocycles. The number of anilines is 1. The molecule has 0 spiro atoms. The van der Waals surface area contributed by atoms with Gasteiger partial charge in [-0.25, -0.2) is 4.39 Å². The van der Waals surface area contributed by atoms with E-state index < -0.39 is 17.8 Å². The van der Waals surface area contributed by atoms with Crippen LogP contribution in [-0.2, 0) is 4.79 Å². The normalized spacial score (nSPS) is 11.9. The van der Waals surface area contributed by atoms with Crippen molar-refractivity contribution in [2.24, 2.45) is 0 Å². The zero-order chi connectivity index (χ0) is 16.3. The van der Waals surface area contributed by atoms with Gasteiger partial charge in [0.25, 0.3) is 5.91 Å². The minimum absolute atomic E-state index is 0.0767. The first-order chi connectivity index (χ1) is 10.4. The third-order valence-electron chi connectivity index (χ3n) is 2.75. The molecule has 0 saturated heterocycles. The maximum absolute atomic E-state index is 13.1. The Morgan fingerprint density at radius 3 is 2.50 bits per heavy atom. The molecule has 0 saturated carbocycles. The molecule has 0 heterocycles. The molecule has 0 aromatic heterocycles. The number of ether oxygens (including phenoxy) is 1. The van der Waals surface area contributed by atoms with Crippen LogP contribution in [0.1, 0.15) is 6.92 Å². The molecule has 0 unspecified atom stereocenters. The Bertz CT molecular complexity index is 709. The van der Waals surface area contributed by atoms with E-state index in [1.807, 2.05) is 0 Å². The molecular weight excluding hydrogens is 352 g/mol. The first-order valence-corrected chi connectivity index (χ1v) is 7.38. The second-order valence-electron chi connectivity index (χ2n) is 4.45. The summed E-state index contributed by atoms with van der Waals surface area (Å²) in [5.41, 5.74) is 0.369. The molecule has 22 heavy (non-hydrogen) atoms. The van der Waals surface area contributed by atoms with Crippen LogP contribution >= 0.6 is 34.8 Å². The Labute approximate surface area is 141 Å². The van der Waals surface area contributed by atoms with Gasteiger partial charge in [-0.2, -0.15) is 0 Å². The van der Waals surface area contributed by atoms with Crippen molar-refractivity contribution >= 4 is 46.4 Å². The van der Waals surface area contributed by atoms with Crippen LogP contribution in [0.5, 0.6) is 5.75 Å². The monoisotopic (exact) mass is 361 g/mol. The van der Waals surface area contributed by atoms with Crippen molar-refractivity contribution in [3.05, 3.63) is 57.3 Å². The molecule has 2 rings (SSSR count). The lowest BCUT2D eigenvalue weighted by atomic mass is 10.3. The SMILES string of the molecule is C[C@H](Oc1ccc(Cl)cc1Cl)C(=O)Nc1ccc(F)c(Cl)c1. The van der Waals surface area contributed by atoms with Crippen molar-refractivity contribution in [2.75, 3.05) is 5.32 Å². The average molecular weight is 363 g/mol. The van der Waals surface area contributed by atoms with Crippen molar-refractivity contribution < 1.29 is 13.9 Å². The second kappa shape index (κ2) is 7.18. The lowest BCUT2D eigenvalue weighted by Crippen LogP contribution is -2.30. The molecular formula is C15H11Cl3FNO2. The number of halogens is 4. The van der Waals surface area contributed by atoms with Crippen molar-refractivity contribution in [2.45, 2.75) is 13.0 Å². The van der Waals surface area contributed by atoms with Crippen LogP contribution in [0.4, 0.5) is 10.1 Å². The van der Waals surface area contributed by atoms with E-state index in [0.29, 0.717) is 21.5 Å². The fourth-order valence-corrected chi connectivity index (χ4v) is 2.27. The second-order valence-corrected chi connectivity index (χ2v) is 5.70. The summed E-state index contributed by atoms with van der Waals surface area (Å²) in [6.07, 6.45) is -0.817. The van der Waals surface area contributed by atoms with Crippen LogP contribution in [0.15, 0.2) is 36.4 Å². The van der Waals surface area contributed by atoms with E-state index in [-0.39, 0.29) is 5.02 Å². The molecule has 1 N–H and O–H groups in total. The third-order valence-corrected chi connectivity index (χ3v) is 3.57. The minimum atomic E-state index is -0.817. The standard InChI is InChI=1S/C15H11Cl3FNO2/c1-8(22-14-5-2-9(16)6-12(14)18)15(21)20-10-3-4-13(19)11(17)7-10/h2-8H,1H3,(H,20,21)/t8-/m0/s1. The van der Waals surface area contributed by atoms with Gasteiger partial charge < -0.3 is 10.1 Å². The molecule has 116 valence electrons. The summed E-state index contributed by atoms with van der Waals surface area (Å²) in [6, 6.07) is 8.58. The van der Waals surface area contributed by atoms with Crippen molar-refractivity contribution in [3.63, 3.8) is 0 Å². The lowest BCUT2D eigenvalue weighted by molar-refractivity contribution is -0.122. The highest BCUT2D eigenvalue weighted by Crippen LogP contribution is 2.28. The highest BCUT2D eigenvalue weighted by atomic mass is 35.5. The Balaban J connectivity index is 2.04. The molecule has 0 aliphatic rings. The predicted molar refractivity (Wildman–Crippen MR) is 86.6 cm³/mol. The summed E-state index contributed by atoms with van der Waals surface area (Å²) >= 11 is 17.4. The molecule has 1 atom stereocenters. The van der Waals surface area contributed by atoms with Crippen LogP contribution in [0.3, 0.4) is 0 Å². The minimum Gasteiger partial charge on any atom is -0.479 e. The van der Waals surface area contributed by atoms with Gasteiger partial charge in [0, 0.05) is 10.7 Å². The Morgan fingerprint density at radius 2 is 1.86 bits per heavy atom. The van der Waals surface area contributed by atoms with E-state index in [9.17, 15) is 9.18 Å². The quantitative estimate of drug-likeness (QED) is 0.812. The van der Waals surface area contributed by atoms with Crippen LogP contribution in [0, 0.1) is 5.82 Å². The zero-order valence-electron chi connectivity index (χ0n) is 11.4. The molecule has 3 nitrogen and oxygen atoms in total. The van der Waals surface area contributed by atoms with Gasteiger partial charge in [0.1, 0.15) is 11.6 Å². The van der Waals surface area contributed by atoms with Crippen molar-refractivity contribution in [3.8, 4) is 5.75 Å². The van der Waals surface area contributed by atoms with Gasteiger partial charge in [0.15, 0.2) is 6.10 Å². The van der Waals surface area contributed by atoms with Crippen LogP contribution < -0.4 is 10.1 Å². The molecule has 0 radical (unpaired) electrons. The van der Waals surface area contributed by atoms with E-state index >= 15 is 0 Å². The number of nitrogens with one attached hydrogen (secondary N) is 1. The van der Waals surface area contributed by atoms with E-state index in [0.717, 1.165) is 0 Å². The molecule has 0 fully saturated rings. The largest absolute Gasteiger partial charge is 0.479 e. The lowest BCUT2D eigenvalue weighted by Gasteiger charge is -2.16. The number of rotatable bonds is 4. The highest BCUT2D eigenvalue weighted by molar-refractivity contribution is 6.35. The summed E-state index contributed by atoms with van der Waals surface area (Å²) in [6.45, 7) is 1.56. The molecule has 0 aliphatic heterocycles. The number of benzene rings is 2. The maximum atomic E-state index is 13.1. The summed E-state index contributed by atoms with van der Waals surface area (Å²) in [4.78, 5) is 12.0. The zero-order valence-corrected chi connectivity index (χ0v) is 13.6. The van der Waals surface area contributed by atoms with Crippen LogP contribution in [0.2, 0.25) is 15.1 Å². The Hall–Kier alpha value is -1.49. The van der Waals surface area contributed by atoms with Crippen molar-refractivity contribution in [1.29, 1.82) is 0 Å². The summed E-state index contributed by atoms with van der Waals surface area (Å²) < 4.78 is 18.5. The molecule has 1 amide bonds. The van der Waals surface area contributed by atoms with Gasteiger partial charge in [0.2, 0.25) is 0 Å². The van der Waals surface area contributed by atoms with Gasteiger partial charge in [-0.1, -0.05) is 34.8 Å². The fraction of sp³-hybridized carbons (Fsp3) is 0.133. The summed E-state index contributed by atoms with van der Waals surface area (Å²) in [7, 11) is 0. The number of amides is 1. The van der Waals surface area contributed by atoms with E-state index in [2.05, 4.69) is 5.32 Å². The summed E-state index contributed by atoms with van der Waals surface area (Å²) in [5.74, 6) is -0.642. The number of hydrogen-bond donors (Lipinski definition) is 1. The van der Waals surface area contributed by atoms with E-state index in [1.165, 1.54) is 24.3 Å². The molecule has 2 aromatic carbocycles. The van der Waals surface area contributed by atoms with Crippen LogP contribution in [0.25, 0.3) is 0 Å². The third kappa shape index (κ3) is 4.26. The number of carbonyl (C=O) groups excluding carboxylic acids is 1. The van der Waals surface area contributed by atoms with Gasteiger partial charge >= 0.3 is 0 Å². The van der Waals surface area contributed by atoms with Crippen LogP contribution in [-0.4, -0.2) is 12.0 Å². The first-order valence-electron chi connectivity index (χ1n) is 6.24. The molecule has 7 heteroatoms. The average Bonchev–Trinajstić information content (AvgIpc) is 2.45. The molecule has 2 aromatic rings. The van der Waals surface area contributed by atoms with Gasteiger partial charge in [-0.05, 0) is 43.3 Å². The maximum Gasteiger partial charge on any atom is 0.265 e. The molecule has 0 bridgehead atoms.